The van der Waals surface area contributed by atoms with Gasteiger partial charge in [-0.1, -0.05) is 96.8 Å². The first-order chi connectivity index (χ1) is 23.7. The van der Waals surface area contributed by atoms with Gasteiger partial charge in [0.1, 0.15) is 5.82 Å². The monoisotopic (exact) mass is 764 g/mol. The van der Waals surface area contributed by atoms with Gasteiger partial charge in [-0.2, -0.15) is 16.7 Å². The second kappa shape index (κ2) is 13.6. The fourth-order valence-corrected chi connectivity index (χ4v) is 7.15. The fraction of sp³-hybridized carbons (Fsp3) is 0.289. The summed E-state index contributed by atoms with van der Waals surface area (Å²) < 4.78 is 11.0. The van der Waals surface area contributed by atoms with Crippen molar-refractivity contribution in [3.63, 3.8) is 0 Å². The molecule has 3 aromatic heterocycles. The van der Waals surface area contributed by atoms with Crippen molar-refractivity contribution in [2.45, 2.75) is 86.5 Å². The summed E-state index contributed by atoms with van der Waals surface area (Å²) in [7, 11) is 0. The second-order valence-electron chi connectivity index (χ2n) is 15.6. The van der Waals surface area contributed by atoms with Gasteiger partial charge in [-0.15, -0.1) is 35.7 Å². The minimum absolute atomic E-state index is 0. The van der Waals surface area contributed by atoms with Crippen LogP contribution in [0.1, 0.15) is 82.1 Å². The van der Waals surface area contributed by atoms with Gasteiger partial charge in [-0.05, 0) is 72.3 Å². The standard InChI is InChI=1S/C45H46N4O.Pd/c1-11-31-24-32(49-43(45(8,9)10)41(42(47-49)44(5,6)7)40-29(3)15-14-16-30(40)4)26-34(25-31)50-33-19-20-36-35-17-12-13-18-37(35)48(38(36)27-33)39-23-28(2)21-22-46-39;/h12-25H,11H2,1-10H3;/q-2;+2. The van der Waals surface area contributed by atoms with Crippen molar-refractivity contribution in [3.8, 4) is 34.1 Å². The zero-order valence-electron chi connectivity index (χ0n) is 31.3. The van der Waals surface area contributed by atoms with E-state index in [1.807, 2.05) is 18.3 Å². The summed E-state index contributed by atoms with van der Waals surface area (Å²) in [6, 6.07) is 34.7. The minimum Gasteiger partial charge on any atom is -0.509 e. The number of rotatable bonds is 6. The Balaban J connectivity index is 0.00000448. The number of benzene rings is 4. The van der Waals surface area contributed by atoms with Crippen molar-refractivity contribution in [1.29, 1.82) is 0 Å². The molecule has 0 bridgehead atoms. The first-order valence-corrected chi connectivity index (χ1v) is 17.6. The van der Waals surface area contributed by atoms with Crippen LogP contribution < -0.4 is 4.74 Å². The normalized spacial score (nSPS) is 12.0. The molecular formula is C45H46N4OPd. The van der Waals surface area contributed by atoms with Crippen LogP contribution in [0.3, 0.4) is 0 Å². The van der Waals surface area contributed by atoms with Crippen LogP contribution in [-0.4, -0.2) is 19.3 Å². The Morgan fingerprint density at radius 2 is 1.45 bits per heavy atom. The van der Waals surface area contributed by atoms with Gasteiger partial charge in [0.25, 0.3) is 0 Å². The largest absolute Gasteiger partial charge is 2.00 e. The molecule has 0 saturated carbocycles. The maximum Gasteiger partial charge on any atom is 2.00 e. The number of aryl methyl sites for hydroxylation is 4. The molecule has 7 rings (SSSR count). The third-order valence-corrected chi connectivity index (χ3v) is 9.47. The Labute approximate surface area is 316 Å². The minimum atomic E-state index is -0.215. The zero-order chi connectivity index (χ0) is 35.5. The molecule has 0 N–H and O–H groups in total. The van der Waals surface area contributed by atoms with Crippen molar-refractivity contribution < 1.29 is 25.2 Å². The quantitative estimate of drug-likeness (QED) is 0.125. The third-order valence-electron chi connectivity index (χ3n) is 9.47. The van der Waals surface area contributed by atoms with E-state index in [4.69, 9.17) is 14.8 Å². The molecule has 262 valence electrons. The van der Waals surface area contributed by atoms with E-state index in [1.165, 1.54) is 27.9 Å². The van der Waals surface area contributed by atoms with Crippen LogP contribution in [-0.2, 0) is 37.7 Å². The molecule has 5 nitrogen and oxygen atoms in total. The fourth-order valence-electron chi connectivity index (χ4n) is 7.15. The van der Waals surface area contributed by atoms with Crippen molar-refractivity contribution in [3.05, 3.63) is 131 Å². The van der Waals surface area contributed by atoms with Crippen molar-refractivity contribution >= 4 is 21.8 Å². The first-order valence-electron chi connectivity index (χ1n) is 17.6. The van der Waals surface area contributed by atoms with Crippen LogP contribution in [0, 0.1) is 32.9 Å². The predicted molar refractivity (Wildman–Crippen MR) is 206 cm³/mol. The number of hydrogen-bond donors (Lipinski definition) is 0. The van der Waals surface area contributed by atoms with Gasteiger partial charge in [-0.3, -0.25) is 4.68 Å². The molecule has 0 amide bonds. The van der Waals surface area contributed by atoms with E-state index in [0.717, 1.165) is 56.6 Å². The Morgan fingerprint density at radius 1 is 0.725 bits per heavy atom. The molecule has 7 aromatic rings. The van der Waals surface area contributed by atoms with Crippen molar-refractivity contribution in [2.75, 3.05) is 0 Å². The van der Waals surface area contributed by atoms with Gasteiger partial charge in [0.15, 0.2) is 0 Å². The second-order valence-corrected chi connectivity index (χ2v) is 15.6. The Hall–Kier alpha value is -4.50. The molecule has 4 aromatic carbocycles. The summed E-state index contributed by atoms with van der Waals surface area (Å²) >= 11 is 0. The van der Waals surface area contributed by atoms with Crippen LogP contribution >= 0.6 is 0 Å². The Morgan fingerprint density at radius 3 is 2.12 bits per heavy atom. The summed E-state index contributed by atoms with van der Waals surface area (Å²) in [5, 5.41) is 7.68. The van der Waals surface area contributed by atoms with Gasteiger partial charge in [-0.25, -0.2) is 4.98 Å². The van der Waals surface area contributed by atoms with Crippen LogP contribution in [0.2, 0.25) is 0 Å². The van der Waals surface area contributed by atoms with Crippen LogP contribution in [0.5, 0.6) is 11.5 Å². The predicted octanol–water partition coefficient (Wildman–Crippen LogP) is 11.5. The summed E-state index contributed by atoms with van der Waals surface area (Å²) in [5.41, 5.74) is 12.0. The number of nitrogens with zero attached hydrogens (tertiary/aromatic N) is 4. The molecule has 0 aliphatic rings. The number of aromatic nitrogens is 4. The average molecular weight is 765 g/mol. The number of hydrogen-bond acceptors (Lipinski definition) is 3. The molecule has 6 heteroatoms. The van der Waals surface area contributed by atoms with Crippen LogP contribution in [0.25, 0.3) is 44.4 Å². The molecule has 0 unspecified atom stereocenters. The zero-order valence-corrected chi connectivity index (χ0v) is 32.9. The summed E-state index contributed by atoms with van der Waals surface area (Å²) in [4.78, 5) is 4.74. The molecule has 3 heterocycles. The number of ether oxygens (including phenoxy) is 1. The molecule has 51 heavy (non-hydrogen) atoms. The summed E-state index contributed by atoms with van der Waals surface area (Å²) in [5.74, 6) is 2.11. The van der Waals surface area contributed by atoms with E-state index in [2.05, 4.69) is 157 Å². The van der Waals surface area contributed by atoms with Crippen LogP contribution in [0.15, 0.2) is 85.1 Å². The number of pyridine rings is 1. The molecule has 0 spiro atoms. The van der Waals surface area contributed by atoms with E-state index in [0.29, 0.717) is 11.5 Å². The van der Waals surface area contributed by atoms with Crippen LogP contribution in [0.4, 0.5) is 0 Å². The van der Waals surface area contributed by atoms with E-state index < -0.39 is 0 Å². The van der Waals surface area contributed by atoms with Gasteiger partial charge in [0.2, 0.25) is 0 Å². The Kier molecular flexibility index (Phi) is 9.66. The van der Waals surface area contributed by atoms with E-state index in [1.54, 1.807) is 0 Å². The van der Waals surface area contributed by atoms with Crippen molar-refractivity contribution in [2.24, 2.45) is 0 Å². The maximum atomic E-state index is 6.67. The number of para-hydroxylation sites is 1. The molecule has 0 fully saturated rings. The van der Waals surface area contributed by atoms with Crippen molar-refractivity contribution in [1.82, 2.24) is 19.3 Å². The summed E-state index contributed by atoms with van der Waals surface area (Å²) in [6.07, 6.45) is 2.70. The number of fused-ring (bicyclic) bond motifs is 3. The van der Waals surface area contributed by atoms with Gasteiger partial charge < -0.3 is 9.30 Å². The maximum absolute atomic E-state index is 6.67. The van der Waals surface area contributed by atoms with E-state index in [-0.39, 0.29) is 31.3 Å². The molecule has 0 atom stereocenters. The third kappa shape index (κ3) is 6.68. The topological polar surface area (TPSA) is 44.9 Å². The summed E-state index contributed by atoms with van der Waals surface area (Å²) in [6.45, 7) is 22.2. The van der Waals surface area contributed by atoms with Gasteiger partial charge >= 0.3 is 20.4 Å². The first kappa shape index (κ1) is 36.3. The molecular weight excluding hydrogens is 719 g/mol. The average Bonchev–Trinajstić information content (AvgIpc) is 3.62. The molecule has 0 aliphatic heterocycles. The van der Waals surface area contributed by atoms with Gasteiger partial charge in [0.05, 0.1) is 11.4 Å². The SMILES string of the molecule is CCc1cc(Oc2[c-]c3c(cc2)c2ccccc2n3-c2cc(C)ccn2)[c-]c(-n2nc(C(C)(C)C)c(-c3c(C)cccc3C)c2C(C)(C)C)c1.[Pd+2]. The van der Waals surface area contributed by atoms with E-state index >= 15 is 0 Å². The molecule has 0 saturated heterocycles. The van der Waals surface area contributed by atoms with Gasteiger partial charge in [0, 0.05) is 39.6 Å². The molecule has 0 aliphatic carbocycles. The Bertz CT molecular complexity index is 2380. The smallest absolute Gasteiger partial charge is 0.509 e. The molecule has 0 radical (unpaired) electrons. The van der Waals surface area contributed by atoms with E-state index in [9.17, 15) is 0 Å².